The number of hydrogen-bond donors (Lipinski definition) is 0. The van der Waals surface area contributed by atoms with E-state index >= 15 is 0 Å². The summed E-state index contributed by atoms with van der Waals surface area (Å²) in [6, 6.07) is 1.32. The number of rotatable bonds is 20. The average molecular weight is 801 g/mol. The standard InChI is InChI=1S/C44H64O13/c1-13-14-15-16-17-26(2)20-28(4)22-29(5)21-27(3)18-19-38(54-33(9)48)44(11,12)39-24-36(52-31(7)46)40(43(50)57-39)42-41(55-34(10)49)37(53-32(8)47)23-35(56-42)25-51-30(6)45/h18-19,21-22,24,26,29,35,37-38,41-42H,13-17,20,23,25H2,1-12H3/b19-18+,27-21+,28-22-/t26?,29?,35-,37-,38?,41+,42-/m0/s1. The van der Waals surface area contributed by atoms with Crippen molar-refractivity contribution in [1.29, 1.82) is 0 Å². The summed E-state index contributed by atoms with van der Waals surface area (Å²) in [7, 11) is 0. The molecule has 0 N–H and O–H groups in total. The normalized spacial score (nSPS) is 20.6. The molecule has 0 aromatic carbocycles. The second-order valence-electron chi connectivity index (χ2n) is 15.8. The highest BCUT2D eigenvalue weighted by molar-refractivity contribution is 5.70. The van der Waals surface area contributed by atoms with E-state index in [1.807, 2.05) is 13.0 Å². The third-order valence-corrected chi connectivity index (χ3v) is 9.55. The van der Waals surface area contributed by atoms with E-state index in [-0.39, 0.29) is 36.0 Å². The molecule has 13 heteroatoms. The van der Waals surface area contributed by atoms with Crippen LogP contribution >= 0.6 is 0 Å². The van der Waals surface area contributed by atoms with Crippen LogP contribution in [0.1, 0.15) is 145 Å². The lowest BCUT2D eigenvalue weighted by molar-refractivity contribution is -0.215. The fraction of sp³-hybridized carbons (Fsp3) is 0.636. The van der Waals surface area contributed by atoms with Gasteiger partial charge in [-0.3, -0.25) is 24.0 Å². The molecule has 13 nitrogen and oxygen atoms in total. The lowest BCUT2D eigenvalue weighted by atomic mass is 9.82. The minimum atomic E-state index is -1.50. The van der Waals surface area contributed by atoms with Gasteiger partial charge in [-0.15, -0.1) is 0 Å². The summed E-state index contributed by atoms with van der Waals surface area (Å²) in [5.41, 5.74) is -0.338. The fourth-order valence-electron chi connectivity index (χ4n) is 7.02. The zero-order valence-corrected chi connectivity index (χ0v) is 35.9. The van der Waals surface area contributed by atoms with Crippen molar-refractivity contribution in [2.24, 2.45) is 11.8 Å². The minimum absolute atomic E-state index is 0.00591. The Bertz CT molecular complexity index is 1700. The van der Waals surface area contributed by atoms with Crippen molar-refractivity contribution in [2.75, 3.05) is 6.61 Å². The van der Waals surface area contributed by atoms with Gasteiger partial charge in [0.05, 0.1) is 11.5 Å². The van der Waals surface area contributed by atoms with Crippen molar-refractivity contribution >= 4 is 29.8 Å². The van der Waals surface area contributed by atoms with Gasteiger partial charge in [-0.2, -0.15) is 0 Å². The topological polar surface area (TPSA) is 171 Å². The van der Waals surface area contributed by atoms with Crippen LogP contribution in [0, 0.1) is 11.8 Å². The highest BCUT2D eigenvalue weighted by Crippen LogP contribution is 2.41. The Hall–Kier alpha value is -4.52. The molecule has 1 fully saturated rings. The van der Waals surface area contributed by atoms with E-state index in [0.29, 0.717) is 5.92 Å². The molecule has 0 spiro atoms. The predicted octanol–water partition coefficient (Wildman–Crippen LogP) is 8.11. The molecular weight excluding hydrogens is 736 g/mol. The van der Waals surface area contributed by atoms with Crippen molar-refractivity contribution < 1.29 is 56.8 Å². The molecule has 1 aliphatic rings. The minimum Gasteiger partial charge on any atom is -0.463 e. The van der Waals surface area contributed by atoms with Gasteiger partial charge in [-0.25, -0.2) is 4.79 Å². The Morgan fingerprint density at radius 3 is 2.12 bits per heavy atom. The smallest absolute Gasteiger partial charge is 0.345 e. The molecule has 57 heavy (non-hydrogen) atoms. The number of carbonyl (C=O) groups is 5. The lowest BCUT2D eigenvalue weighted by Gasteiger charge is -2.40. The molecule has 1 saturated heterocycles. The van der Waals surface area contributed by atoms with Crippen LogP contribution in [0.2, 0.25) is 0 Å². The highest BCUT2D eigenvalue weighted by atomic mass is 16.6. The Balaban J connectivity index is 2.57. The predicted molar refractivity (Wildman–Crippen MR) is 213 cm³/mol. The quantitative estimate of drug-likeness (QED) is 0.0408. The van der Waals surface area contributed by atoms with Crippen molar-refractivity contribution in [1.82, 2.24) is 0 Å². The number of esters is 5. The van der Waals surface area contributed by atoms with Gasteiger partial charge in [0.1, 0.15) is 42.0 Å². The first-order valence-electron chi connectivity index (χ1n) is 19.9. The van der Waals surface area contributed by atoms with Gasteiger partial charge in [0.2, 0.25) is 0 Å². The van der Waals surface area contributed by atoms with Gasteiger partial charge in [0, 0.05) is 47.1 Å². The summed E-state index contributed by atoms with van der Waals surface area (Å²) in [5, 5.41) is 0. The third-order valence-electron chi connectivity index (χ3n) is 9.55. The van der Waals surface area contributed by atoms with Crippen LogP contribution in [0.5, 0.6) is 5.75 Å². The van der Waals surface area contributed by atoms with E-state index < -0.39 is 71.4 Å². The second kappa shape index (κ2) is 23.0. The maximum absolute atomic E-state index is 14.1. The number of unbranched alkanes of at least 4 members (excludes halogenated alkanes) is 3. The zero-order valence-electron chi connectivity index (χ0n) is 35.9. The molecule has 7 atom stereocenters. The van der Waals surface area contributed by atoms with Gasteiger partial charge >= 0.3 is 35.5 Å². The molecule has 0 bridgehead atoms. The van der Waals surface area contributed by atoms with E-state index in [0.717, 1.165) is 32.8 Å². The Kier molecular flexibility index (Phi) is 19.6. The molecule has 0 amide bonds. The molecule has 0 aliphatic carbocycles. The first kappa shape index (κ1) is 48.6. The van der Waals surface area contributed by atoms with Crippen molar-refractivity contribution in [3.63, 3.8) is 0 Å². The van der Waals surface area contributed by atoms with E-state index in [1.54, 1.807) is 19.9 Å². The summed E-state index contributed by atoms with van der Waals surface area (Å²) >= 11 is 0. The number of carbonyl (C=O) groups excluding carboxylic acids is 5. The van der Waals surface area contributed by atoms with Crippen LogP contribution in [0.4, 0.5) is 0 Å². The lowest BCUT2D eigenvalue weighted by Crippen LogP contribution is -2.50. The first-order chi connectivity index (χ1) is 26.6. The van der Waals surface area contributed by atoms with Crippen LogP contribution in [0.3, 0.4) is 0 Å². The van der Waals surface area contributed by atoms with E-state index in [1.165, 1.54) is 57.6 Å². The molecular formula is C44H64O13. The maximum atomic E-state index is 14.1. The highest BCUT2D eigenvalue weighted by Gasteiger charge is 2.47. The molecule has 2 heterocycles. The Labute approximate surface area is 337 Å². The largest absolute Gasteiger partial charge is 0.463 e. The van der Waals surface area contributed by atoms with Crippen molar-refractivity contribution in [2.45, 2.75) is 164 Å². The summed E-state index contributed by atoms with van der Waals surface area (Å²) in [6.45, 7) is 19.7. The molecule has 0 saturated carbocycles. The average Bonchev–Trinajstić information content (AvgIpc) is 3.07. The summed E-state index contributed by atoms with van der Waals surface area (Å²) in [5.74, 6) is -2.99. The number of hydrogen-bond acceptors (Lipinski definition) is 13. The van der Waals surface area contributed by atoms with E-state index in [2.05, 4.69) is 39.8 Å². The van der Waals surface area contributed by atoms with Crippen LogP contribution < -0.4 is 10.4 Å². The molecule has 2 rings (SSSR count). The summed E-state index contributed by atoms with van der Waals surface area (Å²) in [4.78, 5) is 75.0. The van der Waals surface area contributed by atoms with Gasteiger partial charge < -0.3 is 32.8 Å². The molecule has 1 aromatic rings. The van der Waals surface area contributed by atoms with Gasteiger partial charge in [-0.05, 0) is 52.0 Å². The number of ether oxygens (including phenoxy) is 6. The monoisotopic (exact) mass is 800 g/mol. The van der Waals surface area contributed by atoms with Gasteiger partial charge in [0.15, 0.2) is 6.10 Å². The van der Waals surface area contributed by atoms with E-state index in [9.17, 15) is 28.8 Å². The Morgan fingerprint density at radius 2 is 1.54 bits per heavy atom. The fourth-order valence-corrected chi connectivity index (χ4v) is 7.02. The molecule has 318 valence electrons. The van der Waals surface area contributed by atoms with Crippen LogP contribution in [0.25, 0.3) is 0 Å². The second-order valence-corrected chi connectivity index (χ2v) is 15.8. The summed E-state index contributed by atoms with van der Waals surface area (Å²) < 4.78 is 39.5. The third kappa shape index (κ3) is 16.5. The van der Waals surface area contributed by atoms with Gasteiger partial charge in [-0.1, -0.05) is 82.2 Å². The first-order valence-corrected chi connectivity index (χ1v) is 19.9. The van der Waals surface area contributed by atoms with Crippen LogP contribution in [-0.4, -0.2) is 60.9 Å². The maximum Gasteiger partial charge on any atom is 0.345 e. The number of allylic oxidation sites excluding steroid dienone is 5. The zero-order chi connectivity index (χ0) is 43.0. The van der Waals surface area contributed by atoms with Gasteiger partial charge in [0.25, 0.3) is 0 Å². The van der Waals surface area contributed by atoms with E-state index in [4.69, 9.17) is 32.8 Å². The van der Waals surface area contributed by atoms with Crippen molar-refractivity contribution in [3.05, 3.63) is 63.3 Å². The van der Waals surface area contributed by atoms with Crippen LogP contribution in [0.15, 0.2) is 50.7 Å². The molecule has 1 aromatic heterocycles. The molecule has 3 unspecified atom stereocenters. The molecule has 1 aliphatic heterocycles. The SMILES string of the molecule is CCCCCCC(C)C/C(C)=C\C(C)/C=C(C)/C=C/C(OC(C)=O)C(C)(C)c1cc(OC(C)=O)c([C@@H]2O[C@H](COC(C)=O)C[C@H](OC(C)=O)[C@H]2OC(C)=O)c(=O)o1. The summed E-state index contributed by atoms with van der Waals surface area (Å²) in [6.07, 6.45) is 9.22. The molecule has 0 radical (unpaired) electrons. The van der Waals surface area contributed by atoms with Crippen molar-refractivity contribution in [3.8, 4) is 5.75 Å². The van der Waals surface area contributed by atoms with Crippen LogP contribution in [-0.2, 0) is 53.1 Å². The Morgan fingerprint density at radius 1 is 0.877 bits per heavy atom.